The number of aliphatic hydroxyl groups excluding tert-OH is 2. The molecule has 6 atom stereocenters. The molecule has 3 N–H and O–H groups in total. The van der Waals surface area contributed by atoms with Crippen LogP contribution in [-0.2, 0) is 28.7 Å². The van der Waals surface area contributed by atoms with E-state index in [0.717, 1.165) is 12.8 Å². The fourth-order valence-electron chi connectivity index (χ4n) is 4.87. The Bertz CT molecular complexity index is 835. The molecule has 0 aromatic carbocycles. The normalized spacial score (nSPS) is 31.3. The van der Waals surface area contributed by atoms with E-state index in [1.165, 1.54) is 7.11 Å². The number of ether oxygens (including phenoxy) is 2. The first kappa shape index (κ1) is 29.9. The number of methoxy groups -OCH3 is 1. The molecular weight excluding hydrogens is 466 g/mol. The van der Waals surface area contributed by atoms with E-state index >= 15 is 0 Å². The summed E-state index contributed by atoms with van der Waals surface area (Å²) in [5, 5.41) is 23.5. The molecule has 0 aromatic rings. The lowest BCUT2D eigenvalue weighted by atomic mass is 9.85. The van der Waals surface area contributed by atoms with Crippen molar-refractivity contribution in [2.24, 2.45) is 17.8 Å². The van der Waals surface area contributed by atoms with E-state index in [-0.39, 0.29) is 61.5 Å². The molecule has 0 aliphatic carbocycles. The maximum Gasteiger partial charge on any atom is 0.306 e. The molecular formula is C27H41NO8. The van der Waals surface area contributed by atoms with Gasteiger partial charge in [0.05, 0.1) is 18.1 Å². The van der Waals surface area contributed by atoms with Gasteiger partial charge in [-0.25, -0.2) is 0 Å². The average Bonchev–Trinajstić information content (AvgIpc) is 2.79. The van der Waals surface area contributed by atoms with Crippen LogP contribution in [0.3, 0.4) is 0 Å². The number of allylic oxidation sites excluding steroid dienone is 1. The highest BCUT2D eigenvalue weighted by atomic mass is 16.5. The van der Waals surface area contributed by atoms with Crippen LogP contribution >= 0.6 is 0 Å². The minimum absolute atomic E-state index is 0.131. The zero-order valence-electron chi connectivity index (χ0n) is 21.8. The summed E-state index contributed by atoms with van der Waals surface area (Å²) in [6, 6.07) is 0. The minimum atomic E-state index is -1.02. The van der Waals surface area contributed by atoms with E-state index in [1.807, 2.05) is 19.1 Å². The Balaban J connectivity index is 2.14. The number of piperidine rings is 1. The quantitative estimate of drug-likeness (QED) is 0.271. The van der Waals surface area contributed by atoms with E-state index in [1.54, 1.807) is 19.9 Å². The molecule has 2 rings (SSSR count). The monoisotopic (exact) mass is 507 g/mol. The molecule has 36 heavy (non-hydrogen) atoms. The van der Waals surface area contributed by atoms with Crippen LogP contribution < -0.4 is 5.32 Å². The van der Waals surface area contributed by atoms with Crippen molar-refractivity contribution in [3.63, 3.8) is 0 Å². The smallest absolute Gasteiger partial charge is 0.306 e. The van der Waals surface area contributed by atoms with Crippen LogP contribution in [0, 0.1) is 17.8 Å². The zero-order chi connectivity index (χ0) is 26.8. The fraction of sp³-hybridized carbons (Fsp3) is 0.704. The van der Waals surface area contributed by atoms with Gasteiger partial charge in [-0.3, -0.25) is 24.5 Å². The number of rotatable bonds is 7. The number of hydrogen-bond donors (Lipinski definition) is 3. The highest BCUT2D eigenvalue weighted by Gasteiger charge is 2.33. The van der Waals surface area contributed by atoms with Gasteiger partial charge in [-0.15, -0.1) is 0 Å². The van der Waals surface area contributed by atoms with Gasteiger partial charge in [0, 0.05) is 38.7 Å². The number of aliphatic hydroxyl groups is 2. The molecule has 0 saturated carbocycles. The summed E-state index contributed by atoms with van der Waals surface area (Å²) >= 11 is 0. The van der Waals surface area contributed by atoms with E-state index in [9.17, 15) is 29.4 Å². The summed E-state index contributed by atoms with van der Waals surface area (Å²) in [5.74, 6) is -2.83. The highest BCUT2D eigenvalue weighted by molar-refractivity contribution is 5.97. The summed E-state index contributed by atoms with van der Waals surface area (Å²) in [6.07, 6.45) is 5.02. The van der Waals surface area contributed by atoms with Crippen molar-refractivity contribution in [3.8, 4) is 0 Å². The van der Waals surface area contributed by atoms with Crippen molar-refractivity contribution >= 4 is 23.6 Å². The molecule has 1 fully saturated rings. The lowest BCUT2D eigenvalue weighted by Crippen LogP contribution is -2.40. The van der Waals surface area contributed by atoms with Crippen molar-refractivity contribution in [3.05, 3.63) is 23.8 Å². The molecule has 0 unspecified atom stereocenters. The number of hydrogen-bond acceptors (Lipinski definition) is 8. The van der Waals surface area contributed by atoms with Gasteiger partial charge < -0.3 is 19.7 Å². The molecule has 2 aliphatic heterocycles. The first-order chi connectivity index (χ1) is 17.0. The lowest BCUT2D eigenvalue weighted by molar-refractivity contribution is -0.151. The minimum Gasteiger partial charge on any atom is -0.457 e. The van der Waals surface area contributed by atoms with Gasteiger partial charge in [-0.05, 0) is 44.1 Å². The largest absolute Gasteiger partial charge is 0.457 e. The number of imide groups is 1. The van der Waals surface area contributed by atoms with E-state index in [4.69, 9.17) is 9.47 Å². The van der Waals surface area contributed by atoms with Crippen molar-refractivity contribution < 1.29 is 38.9 Å². The average molecular weight is 508 g/mol. The van der Waals surface area contributed by atoms with Gasteiger partial charge in [0.1, 0.15) is 18.0 Å². The predicted molar refractivity (Wildman–Crippen MR) is 132 cm³/mol. The Morgan fingerprint density at radius 1 is 1.22 bits per heavy atom. The van der Waals surface area contributed by atoms with E-state index < -0.39 is 36.3 Å². The Hall–Kier alpha value is -2.36. The van der Waals surface area contributed by atoms with Crippen molar-refractivity contribution in [2.45, 2.75) is 96.6 Å². The van der Waals surface area contributed by atoms with Gasteiger partial charge in [-0.2, -0.15) is 0 Å². The molecule has 2 amide bonds. The number of amides is 2. The van der Waals surface area contributed by atoms with Crippen molar-refractivity contribution in [1.82, 2.24) is 5.32 Å². The van der Waals surface area contributed by atoms with Gasteiger partial charge in [0.15, 0.2) is 0 Å². The van der Waals surface area contributed by atoms with Crippen molar-refractivity contribution in [1.29, 1.82) is 0 Å². The maximum atomic E-state index is 13.1. The molecule has 0 radical (unpaired) electrons. The Labute approximate surface area is 213 Å². The summed E-state index contributed by atoms with van der Waals surface area (Å²) in [4.78, 5) is 48.8. The molecule has 0 bridgehead atoms. The van der Waals surface area contributed by atoms with Gasteiger partial charge in [0.25, 0.3) is 0 Å². The molecule has 0 aromatic heterocycles. The van der Waals surface area contributed by atoms with Gasteiger partial charge >= 0.3 is 5.97 Å². The summed E-state index contributed by atoms with van der Waals surface area (Å²) in [7, 11) is 1.54. The predicted octanol–water partition coefficient (Wildman–Crippen LogP) is 2.39. The Morgan fingerprint density at radius 3 is 2.53 bits per heavy atom. The van der Waals surface area contributed by atoms with Crippen LogP contribution in [0.5, 0.6) is 0 Å². The third-order valence-corrected chi connectivity index (χ3v) is 6.94. The van der Waals surface area contributed by atoms with Gasteiger partial charge in [0.2, 0.25) is 11.8 Å². The maximum absolute atomic E-state index is 13.1. The summed E-state index contributed by atoms with van der Waals surface area (Å²) in [5.41, 5.74) is 0.635. The number of cyclic esters (lactones) is 1. The van der Waals surface area contributed by atoms with Gasteiger partial charge in [-0.1, -0.05) is 32.1 Å². The molecule has 9 nitrogen and oxygen atoms in total. The van der Waals surface area contributed by atoms with Crippen LogP contribution in [0.1, 0.15) is 72.1 Å². The molecule has 202 valence electrons. The van der Waals surface area contributed by atoms with Crippen LogP contribution in [-0.4, -0.2) is 65.3 Å². The molecule has 2 aliphatic rings. The standard InChI is InChI=1S/C27H41NO8/c1-16-11-17(2)27(36-25(33)10-8-6-5-7-9-22(35-4)26(16)34)18(3)21(30)15-20(29)12-19-13-23(31)28-24(32)14-19/h7,9,11,16,18-20,22,26-27,29,34H,5-6,8,10,12-15H2,1-4H3,(H,28,31,32)/b9-7+,17-11-/t16-,18-,20+,22+,26+,27+/m1/s1. The topological polar surface area (TPSA) is 139 Å². The second-order valence-electron chi connectivity index (χ2n) is 10.1. The third-order valence-electron chi connectivity index (χ3n) is 6.94. The number of ketones is 1. The summed E-state index contributed by atoms with van der Waals surface area (Å²) in [6.45, 7) is 5.25. The number of carbonyl (C=O) groups excluding carboxylic acids is 4. The fourth-order valence-corrected chi connectivity index (χ4v) is 4.87. The SMILES string of the molecule is CO[C@H]1/C=C/CCCCC(=O)O[C@H]([C@H](C)C(=O)C[C@@H](O)CC2CC(=O)NC(=O)C2)/C(C)=C\[C@@H](C)[C@@H]1O. The number of esters is 1. The highest BCUT2D eigenvalue weighted by Crippen LogP contribution is 2.26. The van der Waals surface area contributed by atoms with E-state index in [2.05, 4.69) is 5.32 Å². The van der Waals surface area contributed by atoms with Crippen LogP contribution in [0.15, 0.2) is 23.8 Å². The van der Waals surface area contributed by atoms with Crippen molar-refractivity contribution in [2.75, 3.05) is 7.11 Å². The Morgan fingerprint density at radius 2 is 1.89 bits per heavy atom. The lowest BCUT2D eigenvalue weighted by Gasteiger charge is -2.28. The van der Waals surface area contributed by atoms with Crippen LogP contribution in [0.25, 0.3) is 0 Å². The third kappa shape index (κ3) is 9.26. The second kappa shape index (κ2) is 14.4. The van der Waals surface area contributed by atoms with E-state index in [0.29, 0.717) is 12.0 Å². The number of carbonyl (C=O) groups is 4. The second-order valence-corrected chi connectivity index (χ2v) is 10.1. The number of Topliss-reactive ketones (excluding diaryl/α,β-unsaturated/α-hetero) is 1. The first-order valence-electron chi connectivity index (χ1n) is 12.8. The Kier molecular flexibility index (Phi) is 11.9. The van der Waals surface area contributed by atoms with Crippen LogP contribution in [0.2, 0.25) is 0 Å². The first-order valence-corrected chi connectivity index (χ1v) is 12.8. The molecule has 0 spiro atoms. The number of nitrogens with one attached hydrogen (secondary N) is 1. The zero-order valence-corrected chi connectivity index (χ0v) is 21.8. The molecule has 9 heteroatoms. The summed E-state index contributed by atoms with van der Waals surface area (Å²) < 4.78 is 11.2. The molecule has 1 saturated heterocycles. The van der Waals surface area contributed by atoms with Crippen LogP contribution in [0.4, 0.5) is 0 Å². The molecule has 2 heterocycles.